The Labute approximate surface area is 221 Å². The standard InChI is InChI=1S/C28H39N3O5S/c1-22(28(33)29-24-15-8-5-9-16-24)30(21-23-13-6-4-7-14-23)27(32)19-12-20-31(37(3,34)35)25-17-10-11-18-26(25)36-2/h4,6-7,10-11,13-14,17-18,22,24H,5,8-9,12,15-16,19-21H2,1-3H3,(H,29,33)/t22-/m0/s1. The molecule has 1 saturated carbocycles. The second-order valence-corrected chi connectivity index (χ2v) is 11.5. The fourth-order valence-electron chi connectivity index (χ4n) is 4.75. The van der Waals surface area contributed by atoms with Gasteiger partial charge in [-0.1, -0.05) is 61.7 Å². The summed E-state index contributed by atoms with van der Waals surface area (Å²) in [7, 11) is -2.11. The molecule has 0 aliphatic heterocycles. The molecule has 1 atom stereocenters. The van der Waals surface area contributed by atoms with Crippen molar-refractivity contribution in [1.82, 2.24) is 10.2 Å². The summed E-state index contributed by atoms with van der Waals surface area (Å²) in [6.45, 7) is 2.19. The predicted molar refractivity (Wildman–Crippen MR) is 146 cm³/mol. The van der Waals surface area contributed by atoms with Crippen LogP contribution in [0.15, 0.2) is 54.6 Å². The summed E-state index contributed by atoms with van der Waals surface area (Å²) in [5.74, 6) is 0.101. The lowest BCUT2D eigenvalue weighted by atomic mass is 9.95. The molecule has 37 heavy (non-hydrogen) atoms. The number of carbonyl (C=O) groups is 2. The van der Waals surface area contributed by atoms with Crippen molar-refractivity contribution in [2.24, 2.45) is 0 Å². The van der Waals surface area contributed by atoms with Gasteiger partial charge in [-0.15, -0.1) is 0 Å². The Balaban J connectivity index is 1.71. The number of ether oxygens (including phenoxy) is 1. The maximum Gasteiger partial charge on any atom is 0.242 e. The molecule has 2 amide bonds. The molecule has 0 aromatic heterocycles. The third-order valence-electron chi connectivity index (χ3n) is 6.82. The number of nitrogens with zero attached hydrogens (tertiary/aromatic N) is 2. The van der Waals surface area contributed by atoms with Gasteiger partial charge in [0, 0.05) is 25.6 Å². The van der Waals surface area contributed by atoms with Gasteiger partial charge in [0.05, 0.1) is 19.1 Å². The van der Waals surface area contributed by atoms with Gasteiger partial charge in [-0.25, -0.2) is 8.42 Å². The van der Waals surface area contributed by atoms with Crippen molar-refractivity contribution >= 4 is 27.5 Å². The van der Waals surface area contributed by atoms with Crippen LogP contribution in [0.1, 0.15) is 57.4 Å². The second kappa shape index (κ2) is 13.5. The molecule has 3 rings (SSSR count). The molecule has 8 nitrogen and oxygen atoms in total. The number of rotatable bonds is 12. The van der Waals surface area contributed by atoms with Crippen LogP contribution in [0.5, 0.6) is 5.75 Å². The summed E-state index contributed by atoms with van der Waals surface area (Å²) in [5, 5.41) is 3.13. The summed E-state index contributed by atoms with van der Waals surface area (Å²) in [6, 6.07) is 16.0. The van der Waals surface area contributed by atoms with Crippen LogP contribution >= 0.6 is 0 Å². The van der Waals surface area contributed by atoms with Crippen molar-refractivity contribution in [2.45, 2.75) is 70.5 Å². The number of methoxy groups -OCH3 is 1. The van der Waals surface area contributed by atoms with Crippen LogP contribution in [0, 0.1) is 0 Å². The third-order valence-corrected chi connectivity index (χ3v) is 8.00. The van der Waals surface area contributed by atoms with E-state index in [9.17, 15) is 18.0 Å². The maximum atomic E-state index is 13.4. The topological polar surface area (TPSA) is 96.0 Å². The number of carbonyl (C=O) groups excluding carboxylic acids is 2. The van der Waals surface area contributed by atoms with E-state index in [0.29, 0.717) is 24.4 Å². The number of nitrogens with one attached hydrogen (secondary N) is 1. The lowest BCUT2D eigenvalue weighted by Gasteiger charge is -2.31. The lowest BCUT2D eigenvalue weighted by Crippen LogP contribution is -2.50. The summed E-state index contributed by atoms with van der Waals surface area (Å²) >= 11 is 0. The highest BCUT2D eigenvalue weighted by atomic mass is 32.2. The first kappa shape index (κ1) is 28.5. The Bertz CT molecular complexity index is 1130. The second-order valence-electron chi connectivity index (χ2n) is 9.64. The van der Waals surface area contributed by atoms with Gasteiger partial charge in [0.2, 0.25) is 21.8 Å². The van der Waals surface area contributed by atoms with Gasteiger partial charge in [0.15, 0.2) is 0 Å². The Morgan fingerprint density at radius 2 is 1.68 bits per heavy atom. The van der Waals surface area contributed by atoms with Crippen LogP contribution in [0.3, 0.4) is 0 Å². The summed E-state index contributed by atoms with van der Waals surface area (Å²) in [4.78, 5) is 28.1. The summed E-state index contributed by atoms with van der Waals surface area (Å²) in [5.41, 5.74) is 1.36. The first-order valence-electron chi connectivity index (χ1n) is 12.9. The maximum absolute atomic E-state index is 13.4. The number of benzene rings is 2. The number of hydrogen-bond acceptors (Lipinski definition) is 5. The predicted octanol–water partition coefficient (Wildman–Crippen LogP) is 4.11. The van der Waals surface area contributed by atoms with Gasteiger partial charge in [0.25, 0.3) is 0 Å². The lowest BCUT2D eigenvalue weighted by molar-refractivity contribution is -0.141. The third kappa shape index (κ3) is 8.21. The minimum atomic E-state index is -3.60. The molecule has 2 aromatic carbocycles. The highest BCUT2D eigenvalue weighted by molar-refractivity contribution is 7.92. The van der Waals surface area contributed by atoms with Crippen molar-refractivity contribution in [2.75, 3.05) is 24.2 Å². The van der Waals surface area contributed by atoms with Crippen molar-refractivity contribution in [3.63, 3.8) is 0 Å². The molecule has 1 aliphatic carbocycles. The molecule has 0 heterocycles. The zero-order chi connectivity index (χ0) is 26.8. The van der Waals surface area contributed by atoms with E-state index >= 15 is 0 Å². The van der Waals surface area contributed by atoms with Crippen molar-refractivity contribution in [3.05, 3.63) is 60.2 Å². The van der Waals surface area contributed by atoms with Gasteiger partial charge in [-0.2, -0.15) is 0 Å². The van der Waals surface area contributed by atoms with E-state index in [1.165, 1.54) is 17.8 Å². The first-order chi connectivity index (χ1) is 17.7. The molecule has 0 radical (unpaired) electrons. The van der Waals surface area contributed by atoms with Crippen LogP contribution in [-0.2, 0) is 26.2 Å². The molecule has 1 aliphatic rings. The number of amides is 2. The van der Waals surface area contributed by atoms with Crippen LogP contribution in [0.4, 0.5) is 5.69 Å². The SMILES string of the molecule is COc1ccccc1N(CCCC(=O)N(Cc1ccccc1)[C@@H](C)C(=O)NC1CCCCC1)S(C)(=O)=O. The number of para-hydroxylation sites is 2. The van der Waals surface area contributed by atoms with E-state index in [0.717, 1.165) is 37.5 Å². The fourth-order valence-corrected chi connectivity index (χ4v) is 5.72. The zero-order valence-electron chi connectivity index (χ0n) is 22.1. The van der Waals surface area contributed by atoms with E-state index < -0.39 is 16.1 Å². The Morgan fingerprint density at radius 3 is 2.32 bits per heavy atom. The molecule has 2 aromatic rings. The molecule has 0 unspecified atom stereocenters. The Kier molecular flexibility index (Phi) is 10.4. The van der Waals surface area contributed by atoms with E-state index in [4.69, 9.17) is 4.74 Å². The van der Waals surface area contributed by atoms with Gasteiger partial charge < -0.3 is 15.0 Å². The highest BCUT2D eigenvalue weighted by Crippen LogP contribution is 2.30. The van der Waals surface area contributed by atoms with Crippen LogP contribution in [-0.4, -0.2) is 57.1 Å². The number of sulfonamides is 1. The van der Waals surface area contributed by atoms with E-state index in [1.54, 1.807) is 36.1 Å². The average molecular weight is 530 g/mol. The van der Waals surface area contributed by atoms with Crippen LogP contribution < -0.4 is 14.4 Å². The molecule has 9 heteroatoms. The zero-order valence-corrected chi connectivity index (χ0v) is 22.9. The van der Waals surface area contributed by atoms with Crippen LogP contribution in [0.25, 0.3) is 0 Å². The van der Waals surface area contributed by atoms with E-state index in [2.05, 4.69) is 5.32 Å². The summed E-state index contributed by atoms with van der Waals surface area (Å²) in [6.07, 6.45) is 6.89. The Hall–Kier alpha value is -3.07. The molecule has 202 valence electrons. The monoisotopic (exact) mass is 529 g/mol. The minimum absolute atomic E-state index is 0.106. The molecule has 0 spiro atoms. The van der Waals surface area contributed by atoms with Gasteiger partial charge in [-0.05, 0) is 43.9 Å². The van der Waals surface area contributed by atoms with Crippen LogP contribution in [0.2, 0.25) is 0 Å². The van der Waals surface area contributed by atoms with Gasteiger partial charge >= 0.3 is 0 Å². The largest absolute Gasteiger partial charge is 0.495 e. The van der Waals surface area contributed by atoms with E-state index in [-0.39, 0.29) is 30.8 Å². The average Bonchev–Trinajstić information content (AvgIpc) is 2.89. The summed E-state index contributed by atoms with van der Waals surface area (Å²) < 4.78 is 31.7. The number of hydrogen-bond donors (Lipinski definition) is 1. The van der Waals surface area contributed by atoms with Crippen molar-refractivity contribution in [1.29, 1.82) is 0 Å². The normalized spacial score (nSPS) is 15.0. The van der Waals surface area contributed by atoms with Gasteiger partial charge in [-0.3, -0.25) is 13.9 Å². The van der Waals surface area contributed by atoms with Crippen molar-refractivity contribution < 1.29 is 22.7 Å². The Morgan fingerprint density at radius 1 is 1.03 bits per heavy atom. The molecule has 0 saturated heterocycles. The minimum Gasteiger partial charge on any atom is -0.495 e. The quantitative estimate of drug-likeness (QED) is 0.447. The fraction of sp³-hybridized carbons (Fsp3) is 0.500. The molecular weight excluding hydrogens is 490 g/mol. The van der Waals surface area contributed by atoms with Gasteiger partial charge in [0.1, 0.15) is 11.8 Å². The molecular formula is C28H39N3O5S. The molecule has 0 bridgehead atoms. The molecule has 1 N–H and O–H groups in total. The highest BCUT2D eigenvalue weighted by Gasteiger charge is 2.28. The number of anilines is 1. The van der Waals surface area contributed by atoms with E-state index in [1.807, 2.05) is 30.3 Å². The van der Waals surface area contributed by atoms with Crippen molar-refractivity contribution in [3.8, 4) is 5.75 Å². The molecule has 1 fully saturated rings. The first-order valence-corrected chi connectivity index (χ1v) is 14.8. The smallest absolute Gasteiger partial charge is 0.242 e.